The average molecular weight is 310 g/mol. The van der Waals surface area contributed by atoms with Crippen molar-refractivity contribution < 1.29 is 5.11 Å². The van der Waals surface area contributed by atoms with Crippen LogP contribution in [0.3, 0.4) is 0 Å². The van der Waals surface area contributed by atoms with Crippen molar-refractivity contribution in [2.45, 2.75) is 25.4 Å². The lowest BCUT2D eigenvalue weighted by molar-refractivity contribution is 0.113. The van der Waals surface area contributed by atoms with Gasteiger partial charge in [0.05, 0.1) is 0 Å². The Morgan fingerprint density at radius 3 is 2.09 bits per heavy atom. The van der Waals surface area contributed by atoms with Gasteiger partial charge < -0.3 is 10.0 Å². The van der Waals surface area contributed by atoms with Crippen LogP contribution in [0.25, 0.3) is 0 Å². The Kier molecular flexibility index (Phi) is 5.34. The molecule has 3 heteroatoms. The summed E-state index contributed by atoms with van der Waals surface area (Å²) in [4.78, 5) is 6.07. The van der Waals surface area contributed by atoms with Gasteiger partial charge in [-0.1, -0.05) is 44.7 Å². The maximum absolute atomic E-state index is 11.5. The van der Waals surface area contributed by atoms with Crippen LogP contribution in [-0.4, -0.2) is 35.6 Å². The molecule has 23 heavy (non-hydrogen) atoms. The Bertz CT molecular complexity index is 647. The monoisotopic (exact) mass is 310 g/mol. The minimum atomic E-state index is -1.22. The van der Waals surface area contributed by atoms with Crippen LogP contribution >= 0.6 is 0 Å². The molecule has 0 saturated heterocycles. The Hall–Kier alpha value is -1.97. The van der Waals surface area contributed by atoms with Gasteiger partial charge in [0.2, 0.25) is 0 Å². The maximum atomic E-state index is 11.5. The zero-order valence-electron chi connectivity index (χ0n) is 14.5. The number of benzene rings is 1. The van der Waals surface area contributed by atoms with Gasteiger partial charge in [0.1, 0.15) is 5.60 Å². The van der Waals surface area contributed by atoms with Crippen molar-refractivity contribution in [1.29, 1.82) is 0 Å². The van der Waals surface area contributed by atoms with E-state index in [2.05, 4.69) is 37.5 Å². The highest BCUT2D eigenvalue weighted by atomic mass is 16.3. The number of hydrogen-bond acceptors (Lipinski definition) is 3. The zero-order chi connectivity index (χ0) is 17.0. The molecule has 1 heterocycles. The van der Waals surface area contributed by atoms with Crippen LogP contribution < -0.4 is 0 Å². The van der Waals surface area contributed by atoms with Crippen molar-refractivity contribution >= 4 is 0 Å². The number of nitrogens with zero attached hydrogens (tertiary/aromatic N) is 2. The van der Waals surface area contributed by atoms with Gasteiger partial charge >= 0.3 is 0 Å². The highest BCUT2D eigenvalue weighted by Gasteiger charge is 2.34. The van der Waals surface area contributed by atoms with E-state index in [-0.39, 0.29) is 0 Å². The molecular formula is C20H26N2O. The van der Waals surface area contributed by atoms with Crippen LogP contribution in [0, 0.1) is 0 Å². The van der Waals surface area contributed by atoms with Gasteiger partial charge in [0.15, 0.2) is 0 Å². The predicted octanol–water partition coefficient (Wildman–Crippen LogP) is 3.56. The van der Waals surface area contributed by atoms with E-state index in [1.807, 2.05) is 43.3 Å². The van der Waals surface area contributed by atoms with E-state index in [0.29, 0.717) is 12.5 Å². The van der Waals surface area contributed by atoms with Gasteiger partial charge in [-0.25, -0.2) is 0 Å². The minimum absolute atomic E-state index is 0.461. The first-order chi connectivity index (χ1) is 10.9. The van der Waals surface area contributed by atoms with Crippen LogP contribution in [0.2, 0.25) is 0 Å². The van der Waals surface area contributed by atoms with E-state index in [1.165, 1.54) is 5.56 Å². The largest absolute Gasteiger partial charge is 0.376 e. The molecule has 0 aliphatic carbocycles. The van der Waals surface area contributed by atoms with E-state index in [4.69, 9.17) is 0 Å². The number of aromatic nitrogens is 1. The Balaban J connectivity index is 2.51. The Labute approximate surface area is 139 Å². The van der Waals surface area contributed by atoms with Crippen molar-refractivity contribution in [2.24, 2.45) is 0 Å². The number of aliphatic hydroxyl groups is 1. The number of hydrogen-bond donors (Lipinski definition) is 1. The van der Waals surface area contributed by atoms with E-state index in [1.54, 1.807) is 12.4 Å². The summed E-state index contributed by atoms with van der Waals surface area (Å²) in [6.07, 6.45) is 3.40. The van der Waals surface area contributed by atoms with E-state index >= 15 is 0 Å². The predicted molar refractivity (Wildman–Crippen MR) is 95.5 cm³/mol. The third kappa shape index (κ3) is 3.69. The summed E-state index contributed by atoms with van der Waals surface area (Å²) < 4.78 is 0. The van der Waals surface area contributed by atoms with E-state index in [0.717, 1.165) is 16.7 Å². The molecule has 0 radical (unpaired) electrons. The molecule has 2 rings (SSSR count). The van der Waals surface area contributed by atoms with Crippen molar-refractivity contribution in [3.63, 3.8) is 0 Å². The van der Waals surface area contributed by atoms with Gasteiger partial charge in [-0.05, 0) is 54.4 Å². The van der Waals surface area contributed by atoms with E-state index in [9.17, 15) is 5.11 Å². The average Bonchev–Trinajstić information content (AvgIpc) is 2.54. The first kappa shape index (κ1) is 17.4. The number of pyridine rings is 1. The summed E-state index contributed by atoms with van der Waals surface area (Å²) in [6, 6.07) is 11.8. The van der Waals surface area contributed by atoms with Crippen molar-refractivity contribution in [1.82, 2.24) is 9.88 Å². The third-order valence-corrected chi connectivity index (χ3v) is 4.11. The highest BCUT2D eigenvalue weighted by molar-refractivity contribution is 5.45. The molecule has 0 saturated carbocycles. The van der Waals surface area contributed by atoms with Gasteiger partial charge in [-0.15, -0.1) is 0 Å². The molecule has 0 fully saturated rings. The van der Waals surface area contributed by atoms with Crippen molar-refractivity contribution in [2.75, 3.05) is 20.6 Å². The fraction of sp³-hybridized carbons (Fsp3) is 0.350. The van der Waals surface area contributed by atoms with Crippen molar-refractivity contribution in [3.8, 4) is 0 Å². The standard InChI is InChI=1S/C20H26N2O/c1-15(2)17-6-8-18(9-7-17)20(23,16(3)14-22(4)5)19-10-12-21-13-11-19/h6-13,15,23H,3,14H2,1-2,4-5H3. The molecule has 1 aromatic carbocycles. The molecule has 2 aromatic rings. The topological polar surface area (TPSA) is 36.4 Å². The second kappa shape index (κ2) is 7.07. The first-order valence-corrected chi connectivity index (χ1v) is 7.92. The molecule has 1 unspecified atom stereocenters. The molecule has 0 spiro atoms. The minimum Gasteiger partial charge on any atom is -0.376 e. The highest BCUT2D eigenvalue weighted by Crippen LogP contribution is 2.36. The second-order valence-electron chi connectivity index (χ2n) is 6.56. The summed E-state index contributed by atoms with van der Waals surface area (Å²) in [6.45, 7) is 9.09. The van der Waals surface area contributed by atoms with Gasteiger partial charge in [-0.2, -0.15) is 0 Å². The fourth-order valence-corrected chi connectivity index (χ4v) is 2.77. The summed E-state index contributed by atoms with van der Waals surface area (Å²) in [5, 5.41) is 11.5. The molecule has 1 atom stereocenters. The molecule has 0 aliphatic rings. The molecule has 3 nitrogen and oxygen atoms in total. The molecule has 0 bridgehead atoms. The van der Waals surface area contributed by atoms with Crippen LogP contribution in [0.15, 0.2) is 60.9 Å². The van der Waals surface area contributed by atoms with Crippen LogP contribution in [0.1, 0.15) is 36.5 Å². The summed E-state index contributed by atoms with van der Waals surface area (Å²) >= 11 is 0. The lowest BCUT2D eigenvalue weighted by Gasteiger charge is -2.33. The van der Waals surface area contributed by atoms with Crippen LogP contribution in [0.5, 0.6) is 0 Å². The van der Waals surface area contributed by atoms with E-state index < -0.39 is 5.60 Å². The molecular weight excluding hydrogens is 284 g/mol. The zero-order valence-corrected chi connectivity index (χ0v) is 14.5. The lowest BCUT2D eigenvalue weighted by Crippen LogP contribution is -2.34. The summed E-state index contributed by atoms with van der Waals surface area (Å²) in [7, 11) is 3.94. The SMILES string of the molecule is C=C(CN(C)C)C(O)(c1ccncc1)c1ccc(C(C)C)cc1. The molecule has 1 N–H and O–H groups in total. The van der Waals surface area contributed by atoms with Crippen molar-refractivity contribution in [3.05, 3.63) is 77.6 Å². The molecule has 1 aromatic heterocycles. The second-order valence-corrected chi connectivity index (χ2v) is 6.56. The maximum Gasteiger partial charge on any atom is 0.137 e. The smallest absolute Gasteiger partial charge is 0.137 e. The van der Waals surface area contributed by atoms with Crippen LogP contribution in [0.4, 0.5) is 0 Å². The summed E-state index contributed by atoms with van der Waals surface area (Å²) in [5.41, 5.74) is 2.40. The fourth-order valence-electron chi connectivity index (χ4n) is 2.77. The number of likely N-dealkylation sites (N-methyl/N-ethyl adjacent to an activating group) is 1. The van der Waals surface area contributed by atoms with Gasteiger partial charge in [0, 0.05) is 18.9 Å². The summed E-state index contributed by atoms with van der Waals surface area (Å²) in [5.74, 6) is 0.461. The Morgan fingerprint density at radius 1 is 1.09 bits per heavy atom. The third-order valence-electron chi connectivity index (χ3n) is 4.11. The molecule has 0 amide bonds. The van der Waals surface area contributed by atoms with Crippen LogP contribution in [-0.2, 0) is 5.60 Å². The molecule has 0 aliphatic heterocycles. The Morgan fingerprint density at radius 2 is 1.61 bits per heavy atom. The molecule has 122 valence electrons. The lowest BCUT2D eigenvalue weighted by atomic mass is 9.80. The van der Waals surface area contributed by atoms with Gasteiger partial charge in [-0.3, -0.25) is 4.98 Å². The quantitative estimate of drug-likeness (QED) is 0.829. The normalized spacial score (nSPS) is 14.0. The number of rotatable bonds is 6. The van der Waals surface area contributed by atoms with Gasteiger partial charge in [0.25, 0.3) is 0 Å². The first-order valence-electron chi connectivity index (χ1n) is 7.92.